The lowest BCUT2D eigenvalue weighted by atomic mass is 10.1. The monoisotopic (exact) mass is 316 g/mol. The fourth-order valence-electron chi connectivity index (χ4n) is 2.12. The van der Waals surface area contributed by atoms with Gasteiger partial charge in [-0.2, -0.15) is 0 Å². The summed E-state index contributed by atoms with van der Waals surface area (Å²) >= 11 is 7.23. The maximum atomic E-state index is 12.4. The molecule has 21 heavy (non-hydrogen) atoms. The van der Waals surface area contributed by atoms with Crippen LogP contribution in [0, 0.1) is 6.92 Å². The first-order valence-electron chi connectivity index (χ1n) is 6.40. The Bertz CT molecular complexity index is 824. The molecule has 3 nitrogen and oxygen atoms in total. The Labute approximate surface area is 131 Å². The minimum atomic E-state index is -0.200. The van der Waals surface area contributed by atoms with Crippen LogP contribution in [0.2, 0.25) is 5.02 Å². The molecule has 3 aromatic rings. The molecule has 106 valence electrons. The number of rotatable bonds is 2. The number of amides is 1. The van der Waals surface area contributed by atoms with Gasteiger partial charge in [-0.15, -0.1) is 11.3 Å². The van der Waals surface area contributed by atoms with Gasteiger partial charge >= 0.3 is 0 Å². The number of halogens is 1. The number of nitrogen functional groups attached to an aromatic ring is 1. The molecule has 3 rings (SSSR count). The molecule has 0 unspecified atom stereocenters. The highest BCUT2D eigenvalue weighted by Crippen LogP contribution is 2.34. The molecule has 0 atom stereocenters. The van der Waals surface area contributed by atoms with E-state index in [0.717, 1.165) is 15.6 Å². The summed E-state index contributed by atoms with van der Waals surface area (Å²) < 4.78 is 1.01. The Morgan fingerprint density at radius 1 is 1.19 bits per heavy atom. The highest BCUT2D eigenvalue weighted by molar-refractivity contribution is 7.21. The third-order valence-corrected chi connectivity index (χ3v) is 4.63. The predicted octanol–water partition coefficient (Wildman–Crippen LogP) is 4.70. The van der Waals surface area contributed by atoms with Crippen LogP contribution < -0.4 is 11.1 Å². The zero-order valence-electron chi connectivity index (χ0n) is 11.3. The molecule has 0 aliphatic carbocycles. The molecule has 0 bridgehead atoms. The largest absolute Gasteiger partial charge is 0.397 e. The Hall–Kier alpha value is -2.04. The minimum Gasteiger partial charge on any atom is -0.397 e. The van der Waals surface area contributed by atoms with Crippen LogP contribution in [-0.2, 0) is 0 Å². The van der Waals surface area contributed by atoms with Crippen molar-refractivity contribution in [2.45, 2.75) is 6.92 Å². The second kappa shape index (κ2) is 5.39. The lowest BCUT2D eigenvalue weighted by Crippen LogP contribution is -2.11. The van der Waals surface area contributed by atoms with E-state index >= 15 is 0 Å². The second-order valence-corrected chi connectivity index (χ2v) is 6.29. The average molecular weight is 317 g/mol. The van der Waals surface area contributed by atoms with E-state index in [2.05, 4.69) is 5.32 Å². The third kappa shape index (κ3) is 2.73. The van der Waals surface area contributed by atoms with Crippen molar-refractivity contribution in [2.75, 3.05) is 11.1 Å². The van der Waals surface area contributed by atoms with E-state index in [0.29, 0.717) is 21.3 Å². The van der Waals surface area contributed by atoms with E-state index in [4.69, 9.17) is 17.3 Å². The van der Waals surface area contributed by atoms with Gasteiger partial charge in [-0.05, 0) is 43.3 Å². The Morgan fingerprint density at radius 3 is 2.62 bits per heavy atom. The topological polar surface area (TPSA) is 55.1 Å². The van der Waals surface area contributed by atoms with Gasteiger partial charge in [-0.25, -0.2) is 0 Å². The van der Waals surface area contributed by atoms with Crippen LogP contribution in [0.5, 0.6) is 0 Å². The number of thiophene rings is 1. The lowest BCUT2D eigenvalue weighted by Gasteiger charge is -2.04. The maximum Gasteiger partial charge on any atom is 0.267 e. The van der Waals surface area contributed by atoms with Crippen molar-refractivity contribution < 1.29 is 4.79 Å². The number of fused-ring (bicyclic) bond motifs is 1. The van der Waals surface area contributed by atoms with Gasteiger partial charge in [-0.1, -0.05) is 23.2 Å². The molecule has 2 aromatic carbocycles. The molecular weight excluding hydrogens is 304 g/mol. The molecule has 0 fully saturated rings. The second-order valence-electron chi connectivity index (χ2n) is 4.81. The van der Waals surface area contributed by atoms with Gasteiger partial charge in [0, 0.05) is 20.8 Å². The van der Waals surface area contributed by atoms with Gasteiger partial charge in [0.1, 0.15) is 4.88 Å². The van der Waals surface area contributed by atoms with Gasteiger partial charge in [0.25, 0.3) is 5.91 Å². The van der Waals surface area contributed by atoms with E-state index in [1.54, 1.807) is 24.3 Å². The van der Waals surface area contributed by atoms with Crippen molar-refractivity contribution in [3.05, 3.63) is 57.9 Å². The summed E-state index contributed by atoms with van der Waals surface area (Å²) in [4.78, 5) is 12.9. The maximum absolute atomic E-state index is 12.4. The number of carbonyl (C=O) groups is 1. The summed E-state index contributed by atoms with van der Waals surface area (Å²) in [7, 11) is 0. The highest BCUT2D eigenvalue weighted by Gasteiger charge is 2.16. The normalized spacial score (nSPS) is 10.8. The van der Waals surface area contributed by atoms with Crippen LogP contribution >= 0.6 is 22.9 Å². The summed E-state index contributed by atoms with van der Waals surface area (Å²) in [6.45, 7) is 2.00. The van der Waals surface area contributed by atoms with E-state index in [1.165, 1.54) is 11.3 Å². The Morgan fingerprint density at radius 2 is 1.90 bits per heavy atom. The number of benzene rings is 2. The first-order chi connectivity index (χ1) is 10.0. The van der Waals surface area contributed by atoms with Crippen LogP contribution in [0.15, 0.2) is 42.5 Å². The van der Waals surface area contributed by atoms with Crippen molar-refractivity contribution in [1.82, 2.24) is 0 Å². The molecule has 0 saturated carbocycles. The molecule has 1 heterocycles. The standard InChI is InChI=1S/C16H13ClN2OS/c1-9-2-7-13-12(8-9)14(18)15(21-13)16(20)19-11-5-3-10(17)4-6-11/h2-8H,18H2,1H3,(H,19,20). The van der Waals surface area contributed by atoms with Crippen LogP contribution in [0.1, 0.15) is 15.2 Å². The fourth-order valence-corrected chi connectivity index (χ4v) is 3.24. The van der Waals surface area contributed by atoms with E-state index in [9.17, 15) is 4.79 Å². The molecular formula is C16H13ClN2OS. The van der Waals surface area contributed by atoms with Gasteiger partial charge in [0.15, 0.2) is 0 Å². The van der Waals surface area contributed by atoms with Crippen molar-refractivity contribution >= 4 is 50.3 Å². The summed E-state index contributed by atoms with van der Waals surface area (Å²) in [5.41, 5.74) is 8.46. The number of hydrogen-bond acceptors (Lipinski definition) is 3. The predicted molar refractivity (Wildman–Crippen MR) is 90.4 cm³/mol. The van der Waals surface area contributed by atoms with E-state index in [-0.39, 0.29) is 5.91 Å². The summed E-state index contributed by atoms with van der Waals surface area (Å²) in [5.74, 6) is -0.200. The number of anilines is 2. The van der Waals surface area contributed by atoms with Crippen LogP contribution in [0.25, 0.3) is 10.1 Å². The number of aryl methyl sites for hydroxylation is 1. The smallest absolute Gasteiger partial charge is 0.267 e. The Balaban J connectivity index is 1.94. The first-order valence-corrected chi connectivity index (χ1v) is 7.59. The summed E-state index contributed by atoms with van der Waals surface area (Å²) in [6.07, 6.45) is 0. The average Bonchev–Trinajstić information content (AvgIpc) is 2.79. The minimum absolute atomic E-state index is 0.200. The molecule has 0 radical (unpaired) electrons. The Kier molecular flexibility index (Phi) is 3.57. The van der Waals surface area contributed by atoms with Gasteiger partial charge < -0.3 is 11.1 Å². The van der Waals surface area contributed by atoms with Crippen LogP contribution in [0.4, 0.5) is 11.4 Å². The number of carbonyl (C=O) groups excluding carboxylic acids is 1. The van der Waals surface area contributed by atoms with E-state index < -0.39 is 0 Å². The molecule has 0 aliphatic rings. The highest BCUT2D eigenvalue weighted by atomic mass is 35.5. The number of nitrogens with two attached hydrogens (primary N) is 1. The number of hydrogen-bond donors (Lipinski definition) is 2. The van der Waals surface area contributed by atoms with Gasteiger partial charge in [0.05, 0.1) is 5.69 Å². The van der Waals surface area contributed by atoms with E-state index in [1.807, 2.05) is 25.1 Å². The van der Waals surface area contributed by atoms with Crippen molar-refractivity contribution in [3.8, 4) is 0 Å². The van der Waals surface area contributed by atoms with Crippen molar-refractivity contribution in [2.24, 2.45) is 0 Å². The number of nitrogens with one attached hydrogen (secondary N) is 1. The van der Waals surface area contributed by atoms with Crippen molar-refractivity contribution in [1.29, 1.82) is 0 Å². The van der Waals surface area contributed by atoms with Gasteiger partial charge in [-0.3, -0.25) is 4.79 Å². The molecule has 0 aliphatic heterocycles. The molecule has 5 heteroatoms. The van der Waals surface area contributed by atoms with Crippen LogP contribution in [0.3, 0.4) is 0 Å². The summed E-state index contributed by atoms with van der Waals surface area (Å²) in [5, 5.41) is 4.40. The lowest BCUT2D eigenvalue weighted by molar-refractivity contribution is 0.103. The molecule has 1 amide bonds. The first kappa shape index (κ1) is 13.9. The van der Waals surface area contributed by atoms with Gasteiger partial charge in [0.2, 0.25) is 0 Å². The summed E-state index contributed by atoms with van der Waals surface area (Å²) in [6, 6.07) is 13.0. The molecule has 0 spiro atoms. The quantitative estimate of drug-likeness (QED) is 0.720. The van der Waals surface area contributed by atoms with Crippen molar-refractivity contribution in [3.63, 3.8) is 0 Å². The fraction of sp³-hybridized carbons (Fsp3) is 0.0625. The SMILES string of the molecule is Cc1ccc2sc(C(=O)Nc3ccc(Cl)cc3)c(N)c2c1. The molecule has 0 saturated heterocycles. The zero-order valence-corrected chi connectivity index (χ0v) is 12.9. The zero-order chi connectivity index (χ0) is 15.0. The van der Waals surface area contributed by atoms with Crippen LogP contribution in [-0.4, -0.2) is 5.91 Å². The molecule has 1 aromatic heterocycles. The third-order valence-electron chi connectivity index (χ3n) is 3.19. The molecule has 3 N–H and O–H groups in total.